The lowest BCUT2D eigenvalue weighted by Gasteiger charge is -2.11. The molecular formula is C18H20N2O2S. The number of aryl methyl sites for hydroxylation is 2. The second kappa shape index (κ2) is 7.83. The third-order valence-electron chi connectivity index (χ3n) is 3.47. The Labute approximate surface area is 140 Å². The van der Waals surface area contributed by atoms with Crippen molar-refractivity contribution in [3.63, 3.8) is 0 Å². The van der Waals surface area contributed by atoms with E-state index in [1.807, 2.05) is 56.3 Å². The van der Waals surface area contributed by atoms with E-state index < -0.39 is 0 Å². The highest BCUT2D eigenvalue weighted by Crippen LogP contribution is 2.26. The van der Waals surface area contributed by atoms with Gasteiger partial charge in [-0.3, -0.25) is 9.59 Å². The van der Waals surface area contributed by atoms with Gasteiger partial charge in [0.05, 0.1) is 17.9 Å². The molecule has 0 aromatic heterocycles. The first kappa shape index (κ1) is 17.1. The molecule has 0 atom stereocenters. The lowest BCUT2D eigenvalue weighted by molar-refractivity contribution is -0.116. The molecule has 4 nitrogen and oxygen atoms in total. The van der Waals surface area contributed by atoms with Crippen LogP contribution in [0.15, 0.2) is 47.4 Å². The molecule has 2 aromatic rings. The minimum atomic E-state index is -0.383. The number of hydrogen-bond donors (Lipinski definition) is 2. The van der Waals surface area contributed by atoms with E-state index in [9.17, 15) is 9.59 Å². The van der Waals surface area contributed by atoms with Gasteiger partial charge in [-0.15, -0.1) is 11.8 Å². The van der Waals surface area contributed by atoms with Crippen LogP contribution in [0.3, 0.4) is 0 Å². The molecule has 0 aliphatic heterocycles. The molecule has 0 aliphatic rings. The first-order valence-electron chi connectivity index (χ1n) is 7.32. The standard InChI is InChI=1S/C18H20N2O2S/c1-12-7-8-14(9-13(12)2)10-18(22)20-15-5-3-4-6-16(15)23-11-17(19)21/h3-9H,10-11H2,1-2H3,(H2,19,21)(H,20,22). The zero-order chi connectivity index (χ0) is 16.8. The van der Waals surface area contributed by atoms with Crippen molar-refractivity contribution in [2.45, 2.75) is 25.2 Å². The molecule has 0 heterocycles. The van der Waals surface area contributed by atoms with Crippen LogP contribution in [-0.2, 0) is 16.0 Å². The molecule has 5 heteroatoms. The van der Waals surface area contributed by atoms with Gasteiger partial charge in [-0.1, -0.05) is 30.3 Å². The summed E-state index contributed by atoms with van der Waals surface area (Å²) >= 11 is 1.32. The van der Waals surface area contributed by atoms with Crippen molar-refractivity contribution in [2.75, 3.05) is 11.1 Å². The van der Waals surface area contributed by atoms with Crippen molar-refractivity contribution < 1.29 is 9.59 Å². The maximum absolute atomic E-state index is 12.3. The van der Waals surface area contributed by atoms with Gasteiger partial charge in [-0.2, -0.15) is 0 Å². The number of primary amides is 1. The van der Waals surface area contributed by atoms with Crippen LogP contribution in [0.4, 0.5) is 5.69 Å². The Balaban J connectivity index is 2.05. The van der Waals surface area contributed by atoms with Crippen LogP contribution in [0.1, 0.15) is 16.7 Å². The van der Waals surface area contributed by atoms with Gasteiger partial charge in [0.25, 0.3) is 0 Å². The average molecular weight is 328 g/mol. The molecule has 2 amide bonds. The van der Waals surface area contributed by atoms with Crippen LogP contribution in [0.25, 0.3) is 0 Å². The molecule has 0 spiro atoms. The Morgan fingerprint density at radius 2 is 1.83 bits per heavy atom. The molecule has 2 rings (SSSR count). The second-order valence-electron chi connectivity index (χ2n) is 5.39. The average Bonchev–Trinajstić information content (AvgIpc) is 2.50. The summed E-state index contributed by atoms with van der Waals surface area (Å²) in [7, 11) is 0. The number of carbonyl (C=O) groups is 2. The van der Waals surface area contributed by atoms with E-state index in [1.54, 1.807) is 0 Å². The van der Waals surface area contributed by atoms with Gasteiger partial charge in [-0.05, 0) is 42.7 Å². The summed E-state index contributed by atoms with van der Waals surface area (Å²) in [6.45, 7) is 4.08. The van der Waals surface area contributed by atoms with Gasteiger partial charge >= 0.3 is 0 Å². The maximum atomic E-state index is 12.3. The number of benzene rings is 2. The third kappa shape index (κ3) is 5.14. The Morgan fingerprint density at radius 3 is 2.52 bits per heavy atom. The first-order chi connectivity index (χ1) is 11.0. The SMILES string of the molecule is Cc1ccc(CC(=O)Nc2ccccc2SCC(N)=O)cc1C. The van der Waals surface area contributed by atoms with Crippen LogP contribution in [0.5, 0.6) is 0 Å². The Kier molecular flexibility index (Phi) is 5.82. The molecule has 23 heavy (non-hydrogen) atoms. The number of nitrogens with one attached hydrogen (secondary N) is 1. The zero-order valence-electron chi connectivity index (χ0n) is 13.3. The van der Waals surface area contributed by atoms with E-state index in [-0.39, 0.29) is 17.6 Å². The summed E-state index contributed by atoms with van der Waals surface area (Å²) in [5.74, 6) is -0.282. The number of para-hydroxylation sites is 1. The number of amides is 2. The summed E-state index contributed by atoms with van der Waals surface area (Å²) in [5, 5.41) is 2.90. The van der Waals surface area contributed by atoms with E-state index in [2.05, 4.69) is 5.32 Å². The number of nitrogens with two attached hydrogens (primary N) is 1. The molecule has 0 fully saturated rings. The number of thioether (sulfide) groups is 1. The van der Waals surface area contributed by atoms with Crippen LogP contribution in [0, 0.1) is 13.8 Å². The molecule has 2 aromatic carbocycles. The van der Waals surface area contributed by atoms with Crippen LogP contribution in [-0.4, -0.2) is 17.6 Å². The minimum Gasteiger partial charge on any atom is -0.369 e. The van der Waals surface area contributed by atoms with Crippen LogP contribution in [0.2, 0.25) is 0 Å². The largest absolute Gasteiger partial charge is 0.369 e. The lowest BCUT2D eigenvalue weighted by Crippen LogP contribution is -2.16. The molecule has 3 N–H and O–H groups in total. The lowest BCUT2D eigenvalue weighted by atomic mass is 10.0. The molecule has 0 radical (unpaired) electrons. The Hall–Kier alpha value is -2.27. The fourth-order valence-corrected chi connectivity index (χ4v) is 2.89. The highest BCUT2D eigenvalue weighted by atomic mass is 32.2. The quantitative estimate of drug-likeness (QED) is 0.801. The first-order valence-corrected chi connectivity index (χ1v) is 8.30. The van der Waals surface area contributed by atoms with E-state index in [0.717, 1.165) is 10.5 Å². The molecule has 0 bridgehead atoms. The predicted molar refractivity (Wildman–Crippen MR) is 94.6 cm³/mol. The van der Waals surface area contributed by atoms with Gasteiger partial charge in [0, 0.05) is 4.90 Å². The molecular weight excluding hydrogens is 308 g/mol. The molecule has 0 aliphatic carbocycles. The van der Waals surface area contributed by atoms with Gasteiger partial charge in [0.15, 0.2) is 0 Å². The molecule has 120 valence electrons. The number of anilines is 1. The summed E-state index contributed by atoms with van der Waals surface area (Å²) < 4.78 is 0. The summed E-state index contributed by atoms with van der Waals surface area (Å²) in [6, 6.07) is 13.4. The number of carbonyl (C=O) groups excluding carboxylic acids is 2. The minimum absolute atomic E-state index is 0.0830. The number of rotatable bonds is 6. The smallest absolute Gasteiger partial charge is 0.228 e. The summed E-state index contributed by atoms with van der Waals surface area (Å²) in [4.78, 5) is 24.0. The van der Waals surface area contributed by atoms with Crippen molar-refractivity contribution in [2.24, 2.45) is 5.73 Å². The van der Waals surface area contributed by atoms with E-state index in [0.29, 0.717) is 12.1 Å². The summed E-state index contributed by atoms with van der Waals surface area (Å²) in [6.07, 6.45) is 0.315. The van der Waals surface area contributed by atoms with Gasteiger partial charge in [0.2, 0.25) is 11.8 Å². The Morgan fingerprint density at radius 1 is 1.09 bits per heavy atom. The fraction of sp³-hybridized carbons (Fsp3) is 0.222. The third-order valence-corrected chi connectivity index (χ3v) is 4.56. The second-order valence-corrected chi connectivity index (χ2v) is 6.41. The van der Waals surface area contributed by atoms with Crippen LogP contribution >= 0.6 is 11.8 Å². The predicted octanol–water partition coefficient (Wildman–Crippen LogP) is 3.06. The Bertz CT molecular complexity index is 729. The van der Waals surface area contributed by atoms with Crippen molar-refractivity contribution in [3.8, 4) is 0 Å². The molecule has 0 saturated carbocycles. The maximum Gasteiger partial charge on any atom is 0.228 e. The topological polar surface area (TPSA) is 72.2 Å². The van der Waals surface area contributed by atoms with E-state index in [1.165, 1.54) is 22.9 Å². The van der Waals surface area contributed by atoms with Crippen LogP contribution < -0.4 is 11.1 Å². The fourth-order valence-electron chi connectivity index (χ4n) is 2.14. The van der Waals surface area contributed by atoms with E-state index in [4.69, 9.17) is 5.73 Å². The highest BCUT2D eigenvalue weighted by molar-refractivity contribution is 8.00. The normalized spacial score (nSPS) is 10.3. The number of hydrogen-bond acceptors (Lipinski definition) is 3. The van der Waals surface area contributed by atoms with Crippen molar-refractivity contribution >= 4 is 29.3 Å². The summed E-state index contributed by atoms with van der Waals surface area (Å²) in [5.41, 5.74) is 9.24. The van der Waals surface area contributed by atoms with Gasteiger partial charge < -0.3 is 11.1 Å². The molecule has 0 saturated heterocycles. The zero-order valence-corrected chi connectivity index (χ0v) is 14.1. The van der Waals surface area contributed by atoms with Gasteiger partial charge in [-0.25, -0.2) is 0 Å². The highest BCUT2D eigenvalue weighted by Gasteiger charge is 2.09. The monoisotopic (exact) mass is 328 g/mol. The molecule has 0 unspecified atom stereocenters. The van der Waals surface area contributed by atoms with Crippen molar-refractivity contribution in [1.82, 2.24) is 0 Å². The van der Waals surface area contributed by atoms with Gasteiger partial charge in [0.1, 0.15) is 0 Å². The van der Waals surface area contributed by atoms with Crippen molar-refractivity contribution in [3.05, 3.63) is 59.2 Å². The van der Waals surface area contributed by atoms with Crippen molar-refractivity contribution in [1.29, 1.82) is 0 Å². The van der Waals surface area contributed by atoms with E-state index >= 15 is 0 Å².